The van der Waals surface area contributed by atoms with Crippen molar-refractivity contribution in [3.05, 3.63) is 49.9 Å². The van der Waals surface area contributed by atoms with Gasteiger partial charge in [0.2, 0.25) is 0 Å². The Balaban J connectivity index is 2.24. The number of hydrogen-bond donors (Lipinski definition) is 1. The largest absolute Gasteiger partial charge is 0.369 e. The lowest BCUT2D eigenvalue weighted by molar-refractivity contribution is 0.952. The highest BCUT2D eigenvalue weighted by molar-refractivity contribution is 14.1. The first-order valence-corrected chi connectivity index (χ1v) is 7.56. The summed E-state index contributed by atoms with van der Waals surface area (Å²) in [5, 5.41) is 3.25. The molecule has 1 N–H and O–H groups in total. The Kier molecular flexibility index (Phi) is 4.94. The van der Waals surface area contributed by atoms with Crippen LogP contribution in [0.25, 0.3) is 0 Å². The van der Waals surface area contributed by atoms with Crippen LogP contribution in [0.4, 0.5) is 5.82 Å². The fourth-order valence-corrected chi connectivity index (χ4v) is 2.47. The third kappa shape index (κ3) is 3.41. The van der Waals surface area contributed by atoms with Crippen LogP contribution in [-0.4, -0.2) is 16.5 Å². The molecular weight excluding hydrogens is 405 g/mol. The first kappa shape index (κ1) is 13.7. The number of rotatable bonds is 4. The Morgan fingerprint density at radius 3 is 2.83 bits per heavy atom. The van der Waals surface area contributed by atoms with Crippen molar-refractivity contribution in [1.82, 2.24) is 9.97 Å². The minimum atomic E-state index is 0.733. The predicted octanol–water partition coefficient (Wildman–Crippen LogP) is 3.87. The smallest absolute Gasteiger partial charge is 0.143 e. The first-order chi connectivity index (χ1) is 8.70. The van der Waals surface area contributed by atoms with Crippen LogP contribution in [0.2, 0.25) is 0 Å². The molecule has 5 heteroatoms. The summed E-state index contributed by atoms with van der Waals surface area (Å²) < 4.78 is 2.14. The number of nitrogens with one attached hydrogen (secondary N) is 1. The maximum absolute atomic E-state index is 4.55. The van der Waals surface area contributed by atoms with Crippen molar-refractivity contribution in [2.24, 2.45) is 0 Å². The van der Waals surface area contributed by atoms with Crippen molar-refractivity contribution in [2.75, 3.05) is 11.9 Å². The number of nitrogens with zero attached hydrogens (tertiary/aromatic N) is 2. The fraction of sp³-hybridized carbons (Fsp3) is 0.231. The van der Waals surface area contributed by atoms with Crippen molar-refractivity contribution in [3.63, 3.8) is 0 Å². The van der Waals surface area contributed by atoms with E-state index in [1.54, 1.807) is 0 Å². The van der Waals surface area contributed by atoms with Crippen molar-refractivity contribution >= 4 is 44.3 Å². The zero-order chi connectivity index (χ0) is 13.0. The third-order valence-corrected chi connectivity index (χ3v) is 4.01. The van der Waals surface area contributed by atoms with Crippen molar-refractivity contribution in [1.29, 1.82) is 0 Å². The van der Waals surface area contributed by atoms with Gasteiger partial charge < -0.3 is 5.32 Å². The van der Waals surface area contributed by atoms with E-state index in [0.29, 0.717) is 0 Å². The minimum Gasteiger partial charge on any atom is -0.369 e. The van der Waals surface area contributed by atoms with Gasteiger partial charge in [0, 0.05) is 23.6 Å². The molecule has 0 aliphatic rings. The molecule has 0 saturated carbocycles. The van der Waals surface area contributed by atoms with Gasteiger partial charge in [-0.1, -0.05) is 34.1 Å². The number of benzene rings is 1. The molecular formula is C13H13BrIN3. The van der Waals surface area contributed by atoms with Crippen LogP contribution >= 0.6 is 38.5 Å². The number of halogens is 2. The molecule has 0 unspecified atom stereocenters. The molecule has 2 rings (SSSR count). The van der Waals surface area contributed by atoms with Crippen LogP contribution in [0.15, 0.2) is 34.9 Å². The summed E-state index contributed by atoms with van der Waals surface area (Å²) in [5.41, 5.74) is 1.20. The molecule has 1 aromatic heterocycles. The predicted molar refractivity (Wildman–Crippen MR) is 85.9 cm³/mol. The molecule has 0 saturated heterocycles. The Labute approximate surface area is 129 Å². The Morgan fingerprint density at radius 1 is 1.33 bits per heavy atom. The second-order valence-electron chi connectivity index (χ2n) is 3.78. The molecule has 0 fully saturated rings. The van der Waals surface area contributed by atoms with Gasteiger partial charge >= 0.3 is 0 Å². The molecule has 3 nitrogen and oxygen atoms in total. The van der Waals surface area contributed by atoms with E-state index in [-0.39, 0.29) is 0 Å². The standard InChI is InChI=1S/C13H13BrIN3/c1-2-16-13-11(15)8-17-12(18-13)7-9-5-3-4-6-10(9)14/h3-6,8H,2,7H2,1H3,(H,16,17,18). The zero-order valence-electron chi connectivity index (χ0n) is 9.95. The van der Waals surface area contributed by atoms with Gasteiger partial charge in [0.15, 0.2) is 0 Å². The molecule has 1 aromatic carbocycles. The highest BCUT2D eigenvalue weighted by Gasteiger charge is 2.06. The highest BCUT2D eigenvalue weighted by atomic mass is 127. The summed E-state index contributed by atoms with van der Waals surface area (Å²) in [7, 11) is 0. The van der Waals surface area contributed by atoms with Gasteiger partial charge in [-0.25, -0.2) is 9.97 Å². The SMILES string of the molecule is CCNc1nc(Cc2ccccc2Br)ncc1I. The monoisotopic (exact) mass is 417 g/mol. The van der Waals surface area contributed by atoms with E-state index < -0.39 is 0 Å². The molecule has 0 bridgehead atoms. The lowest BCUT2D eigenvalue weighted by Gasteiger charge is -2.08. The van der Waals surface area contributed by atoms with E-state index >= 15 is 0 Å². The summed E-state index contributed by atoms with van der Waals surface area (Å²) in [6, 6.07) is 8.15. The molecule has 1 heterocycles. The second-order valence-corrected chi connectivity index (χ2v) is 5.80. The van der Waals surface area contributed by atoms with Crippen LogP contribution in [0.3, 0.4) is 0 Å². The Morgan fingerprint density at radius 2 is 2.11 bits per heavy atom. The van der Waals surface area contributed by atoms with E-state index in [9.17, 15) is 0 Å². The summed E-state index contributed by atoms with van der Waals surface area (Å²) >= 11 is 5.79. The van der Waals surface area contributed by atoms with Crippen LogP contribution < -0.4 is 5.32 Å². The molecule has 0 spiro atoms. The first-order valence-electron chi connectivity index (χ1n) is 5.69. The molecule has 0 amide bonds. The molecule has 2 aromatic rings. The van der Waals surface area contributed by atoms with Gasteiger partial charge in [-0.05, 0) is 41.1 Å². The van der Waals surface area contributed by atoms with Gasteiger partial charge in [0.1, 0.15) is 11.6 Å². The quantitative estimate of drug-likeness (QED) is 0.767. The van der Waals surface area contributed by atoms with E-state index in [1.165, 1.54) is 5.56 Å². The number of anilines is 1. The van der Waals surface area contributed by atoms with Gasteiger partial charge in [0.05, 0.1) is 3.57 Å². The molecule has 0 aliphatic carbocycles. The summed E-state index contributed by atoms with van der Waals surface area (Å²) in [5.74, 6) is 1.74. The van der Waals surface area contributed by atoms with Crippen LogP contribution in [0.5, 0.6) is 0 Å². The van der Waals surface area contributed by atoms with Crippen LogP contribution in [0.1, 0.15) is 18.3 Å². The van der Waals surface area contributed by atoms with E-state index in [1.807, 2.05) is 24.4 Å². The molecule has 0 aliphatic heterocycles. The zero-order valence-corrected chi connectivity index (χ0v) is 13.7. The summed E-state index contributed by atoms with van der Waals surface area (Å²) in [6.07, 6.45) is 2.59. The number of hydrogen-bond acceptors (Lipinski definition) is 3. The summed E-state index contributed by atoms with van der Waals surface area (Å²) in [6.45, 7) is 2.92. The minimum absolute atomic E-state index is 0.733. The van der Waals surface area contributed by atoms with Crippen LogP contribution in [-0.2, 0) is 6.42 Å². The average Bonchev–Trinajstić information content (AvgIpc) is 2.36. The molecule has 94 valence electrons. The van der Waals surface area contributed by atoms with Gasteiger partial charge in [-0.2, -0.15) is 0 Å². The van der Waals surface area contributed by atoms with Gasteiger partial charge in [-0.3, -0.25) is 0 Å². The lowest BCUT2D eigenvalue weighted by atomic mass is 10.1. The normalized spacial score (nSPS) is 10.4. The maximum Gasteiger partial charge on any atom is 0.143 e. The van der Waals surface area contributed by atoms with E-state index in [2.05, 4.69) is 66.8 Å². The fourth-order valence-electron chi connectivity index (χ4n) is 1.59. The van der Waals surface area contributed by atoms with Gasteiger partial charge in [0.25, 0.3) is 0 Å². The molecule has 0 atom stereocenters. The van der Waals surface area contributed by atoms with Crippen LogP contribution in [0, 0.1) is 3.57 Å². The van der Waals surface area contributed by atoms with E-state index in [0.717, 1.165) is 32.7 Å². The van der Waals surface area contributed by atoms with Crippen molar-refractivity contribution < 1.29 is 0 Å². The van der Waals surface area contributed by atoms with Crippen molar-refractivity contribution in [2.45, 2.75) is 13.3 Å². The Bertz CT molecular complexity index is 546. The van der Waals surface area contributed by atoms with Gasteiger partial charge in [-0.15, -0.1) is 0 Å². The lowest BCUT2D eigenvalue weighted by Crippen LogP contribution is -2.06. The topological polar surface area (TPSA) is 37.8 Å². The maximum atomic E-state index is 4.55. The second kappa shape index (κ2) is 6.47. The van der Waals surface area contributed by atoms with Crippen molar-refractivity contribution in [3.8, 4) is 0 Å². The molecule has 0 radical (unpaired) electrons. The third-order valence-electron chi connectivity index (χ3n) is 2.44. The Hall–Kier alpha value is -0.690. The molecule has 18 heavy (non-hydrogen) atoms. The van der Waals surface area contributed by atoms with E-state index in [4.69, 9.17) is 0 Å². The number of aromatic nitrogens is 2. The summed E-state index contributed by atoms with van der Waals surface area (Å²) in [4.78, 5) is 8.93. The average molecular weight is 418 g/mol. The highest BCUT2D eigenvalue weighted by Crippen LogP contribution is 2.20.